The van der Waals surface area contributed by atoms with Crippen LogP contribution in [0.5, 0.6) is 5.75 Å². The number of nitrogens with one attached hydrogen (secondary N) is 1. The van der Waals surface area contributed by atoms with E-state index in [9.17, 15) is 22.4 Å². The van der Waals surface area contributed by atoms with Gasteiger partial charge < -0.3 is 15.0 Å². The molecule has 0 fully saturated rings. The summed E-state index contributed by atoms with van der Waals surface area (Å²) in [6, 6.07) is 26.7. The Morgan fingerprint density at radius 2 is 1.51 bits per heavy atom. The van der Waals surface area contributed by atoms with Crippen LogP contribution in [0.2, 0.25) is 0 Å². The quantitative estimate of drug-likeness (QED) is 0.162. The molecule has 0 saturated heterocycles. The number of benzene rings is 4. The summed E-state index contributed by atoms with van der Waals surface area (Å²) in [5.41, 5.74) is 2.69. The molecule has 47 heavy (non-hydrogen) atoms. The highest BCUT2D eigenvalue weighted by Gasteiger charge is 2.35. The van der Waals surface area contributed by atoms with Gasteiger partial charge in [-0.3, -0.25) is 13.9 Å². The molecular formula is C37H42FN3O5S. The van der Waals surface area contributed by atoms with E-state index < -0.39 is 34.3 Å². The summed E-state index contributed by atoms with van der Waals surface area (Å²) < 4.78 is 48.8. The molecule has 2 atom stereocenters. The molecule has 0 aliphatic carbocycles. The molecule has 0 aliphatic heterocycles. The van der Waals surface area contributed by atoms with Gasteiger partial charge in [0.1, 0.15) is 24.2 Å². The minimum Gasteiger partial charge on any atom is -0.494 e. The van der Waals surface area contributed by atoms with E-state index >= 15 is 0 Å². The summed E-state index contributed by atoms with van der Waals surface area (Å²) in [6.07, 6.45) is 0.900. The van der Waals surface area contributed by atoms with Crippen LogP contribution in [-0.2, 0) is 32.6 Å². The lowest BCUT2D eigenvalue weighted by atomic mass is 10.0. The van der Waals surface area contributed by atoms with Crippen molar-refractivity contribution in [1.82, 2.24) is 10.2 Å². The van der Waals surface area contributed by atoms with Gasteiger partial charge in [0.2, 0.25) is 11.8 Å². The molecule has 4 rings (SSSR count). The van der Waals surface area contributed by atoms with E-state index in [4.69, 9.17) is 4.74 Å². The average molecular weight is 660 g/mol. The number of hydrogen-bond acceptors (Lipinski definition) is 5. The first-order chi connectivity index (χ1) is 22.5. The third-order valence-electron chi connectivity index (χ3n) is 7.99. The fraction of sp³-hybridized carbons (Fsp3) is 0.297. The first kappa shape index (κ1) is 35.2. The van der Waals surface area contributed by atoms with E-state index in [2.05, 4.69) is 5.32 Å². The van der Waals surface area contributed by atoms with Crippen LogP contribution in [0.3, 0.4) is 0 Å². The SMILES string of the molecule is CCOc1ccc(S(=O)(=O)N(CC(=O)N(Cc2ccccc2C)[C@H](Cc2ccccc2)C(=O)N[C@@H](C)CC)c2ccc(F)cc2)cc1. The number of ether oxygens (including phenoxy) is 1. The molecule has 10 heteroatoms. The first-order valence-electron chi connectivity index (χ1n) is 15.7. The summed E-state index contributed by atoms with van der Waals surface area (Å²) in [5.74, 6) is -0.985. The molecule has 0 spiro atoms. The lowest BCUT2D eigenvalue weighted by molar-refractivity contribution is -0.140. The molecule has 0 bridgehead atoms. The zero-order valence-corrected chi connectivity index (χ0v) is 28.0. The Balaban J connectivity index is 1.80. The van der Waals surface area contributed by atoms with Crippen LogP contribution in [0.4, 0.5) is 10.1 Å². The van der Waals surface area contributed by atoms with Crippen LogP contribution in [0.25, 0.3) is 0 Å². The molecule has 0 aromatic heterocycles. The number of sulfonamides is 1. The molecule has 0 heterocycles. The highest BCUT2D eigenvalue weighted by molar-refractivity contribution is 7.92. The van der Waals surface area contributed by atoms with Crippen molar-refractivity contribution in [1.29, 1.82) is 0 Å². The second kappa shape index (κ2) is 16.2. The van der Waals surface area contributed by atoms with Crippen molar-refractivity contribution in [2.24, 2.45) is 0 Å². The minimum atomic E-state index is -4.33. The van der Waals surface area contributed by atoms with Gasteiger partial charge in [-0.1, -0.05) is 61.5 Å². The van der Waals surface area contributed by atoms with Crippen molar-refractivity contribution < 1.29 is 27.1 Å². The molecule has 2 amide bonds. The highest BCUT2D eigenvalue weighted by atomic mass is 32.2. The molecule has 0 radical (unpaired) electrons. The number of halogens is 1. The van der Waals surface area contributed by atoms with E-state index in [1.165, 1.54) is 29.2 Å². The zero-order valence-electron chi connectivity index (χ0n) is 27.2. The molecule has 248 valence electrons. The number of carbonyl (C=O) groups excluding carboxylic acids is 2. The average Bonchev–Trinajstić information content (AvgIpc) is 3.07. The molecule has 8 nitrogen and oxygen atoms in total. The number of rotatable bonds is 15. The summed E-state index contributed by atoms with van der Waals surface area (Å²) in [4.78, 5) is 29.9. The lowest BCUT2D eigenvalue weighted by Crippen LogP contribution is -2.54. The van der Waals surface area contributed by atoms with Gasteiger partial charge in [0.25, 0.3) is 10.0 Å². The van der Waals surface area contributed by atoms with Gasteiger partial charge in [-0.15, -0.1) is 0 Å². The Kier molecular flexibility index (Phi) is 12.1. The predicted octanol–water partition coefficient (Wildman–Crippen LogP) is 6.28. The zero-order chi connectivity index (χ0) is 34.0. The molecule has 4 aromatic carbocycles. The summed E-state index contributed by atoms with van der Waals surface area (Å²) in [5, 5.41) is 3.03. The van der Waals surface area contributed by atoms with E-state index in [1.54, 1.807) is 12.1 Å². The maximum atomic E-state index is 14.6. The van der Waals surface area contributed by atoms with Gasteiger partial charge >= 0.3 is 0 Å². The third-order valence-corrected chi connectivity index (χ3v) is 9.78. The van der Waals surface area contributed by atoms with Gasteiger partial charge in [-0.25, -0.2) is 12.8 Å². The van der Waals surface area contributed by atoms with Gasteiger partial charge in [0.05, 0.1) is 17.2 Å². The third kappa shape index (κ3) is 9.19. The Morgan fingerprint density at radius 3 is 2.13 bits per heavy atom. The second-order valence-corrected chi connectivity index (χ2v) is 13.2. The van der Waals surface area contributed by atoms with Crippen LogP contribution in [-0.4, -0.2) is 50.4 Å². The minimum absolute atomic E-state index is 0.0668. The van der Waals surface area contributed by atoms with E-state index in [-0.39, 0.29) is 35.5 Å². The monoisotopic (exact) mass is 659 g/mol. The molecule has 0 aliphatic rings. The first-order valence-corrected chi connectivity index (χ1v) is 17.2. The van der Waals surface area contributed by atoms with Gasteiger partial charge in [-0.2, -0.15) is 0 Å². The van der Waals surface area contributed by atoms with Crippen molar-refractivity contribution in [3.05, 3.63) is 126 Å². The second-order valence-electron chi connectivity index (χ2n) is 11.4. The van der Waals surface area contributed by atoms with Crippen molar-refractivity contribution in [3.8, 4) is 5.75 Å². The van der Waals surface area contributed by atoms with E-state index in [1.807, 2.05) is 82.3 Å². The molecular weight excluding hydrogens is 617 g/mol. The van der Waals surface area contributed by atoms with Crippen LogP contribution in [0.15, 0.2) is 108 Å². The van der Waals surface area contributed by atoms with E-state index in [0.717, 1.165) is 33.1 Å². The molecule has 1 N–H and O–H groups in total. The van der Waals surface area contributed by atoms with Gasteiger partial charge in [0, 0.05) is 19.0 Å². The smallest absolute Gasteiger partial charge is 0.264 e. The fourth-order valence-electron chi connectivity index (χ4n) is 5.10. The summed E-state index contributed by atoms with van der Waals surface area (Å²) in [7, 11) is -4.33. The number of hydrogen-bond donors (Lipinski definition) is 1. The number of nitrogens with zero attached hydrogens (tertiary/aromatic N) is 2. The van der Waals surface area contributed by atoms with Crippen molar-refractivity contribution in [2.45, 2.75) is 64.1 Å². The Labute approximate surface area is 277 Å². The van der Waals surface area contributed by atoms with Gasteiger partial charge in [-0.05, 0) is 92.4 Å². The fourth-order valence-corrected chi connectivity index (χ4v) is 6.52. The predicted molar refractivity (Wildman–Crippen MR) is 182 cm³/mol. The normalized spacial score (nSPS) is 12.5. The molecule has 0 saturated carbocycles. The van der Waals surface area contributed by atoms with Crippen molar-refractivity contribution in [3.63, 3.8) is 0 Å². The highest BCUT2D eigenvalue weighted by Crippen LogP contribution is 2.27. The van der Waals surface area contributed by atoms with E-state index in [0.29, 0.717) is 18.8 Å². The van der Waals surface area contributed by atoms with Crippen molar-refractivity contribution >= 4 is 27.5 Å². The van der Waals surface area contributed by atoms with Gasteiger partial charge in [0.15, 0.2) is 0 Å². The lowest BCUT2D eigenvalue weighted by Gasteiger charge is -2.34. The number of carbonyl (C=O) groups is 2. The Bertz CT molecular complexity index is 1730. The number of aryl methyl sites for hydroxylation is 1. The molecule has 0 unspecified atom stereocenters. The van der Waals surface area contributed by atoms with Crippen LogP contribution >= 0.6 is 0 Å². The maximum Gasteiger partial charge on any atom is 0.264 e. The largest absolute Gasteiger partial charge is 0.494 e. The Hall–Kier alpha value is -4.70. The summed E-state index contributed by atoms with van der Waals surface area (Å²) in [6.45, 7) is 7.44. The maximum absolute atomic E-state index is 14.6. The topological polar surface area (TPSA) is 96.0 Å². The van der Waals surface area contributed by atoms with Crippen LogP contribution < -0.4 is 14.4 Å². The Morgan fingerprint density at radius 1 is 0.872 bits per heavy atom. The van der Waals surface area contributed by atoms with Crippen molar-refractivity contribution in [2.75, 3.05) is 17.5 Å². The number of amides is 2. The van der Waals surface area contributed by atoms with Crippen LogP contribution in [0, 0.1) is 12.7 Å². The number of anilines is 1. The molecule has 4 aromatic rings. The summed E-state index contributed by atoms with van der Waals surface area (Å²) >= 11 is 0. The van der Waals surface area contributed by atoms with Crippen LogP contribution in [0.1, 0.15) is 43.9 Å². The standard InChI is InChI=1S/C37H42FN3O5S/c1-5-28(4)39-37(43)35(24-29-13-8-7-9-14-29)40(25-30-15-11-10-12-27(30)3)36(42)26-41(32-18-16-31(38)17-19-32)47(44,45)34-22-20-33(21-23-34)46-6-2/h7-23,28,35H,5-6,24-26H2,1-4H3,(H,39,43)/t28-,35+/m0/s1.